The van der Waals surface area contributed by atoms with E-state index in [1.165, 1.54) is 0 Å². The number of nitrogens with zero attached hydrogens (tertiary/aromatic N) is 4. The maximum absolute atomic E-state index is 11.2. The predicted molar refractivity (Wildman–Crippen MR) is 72.8 cm³/mol. The van der Waals surface area contributed by atoms with Crippen molar-refractivity contribution in [2.75, 3.05) is 26.7 Å². The maximum atomic E-state index is 11.2. The summed E-state index contributed by atoms with van der Waals surface area (Å²) >= 11 is 0. The number of likely N-dealkylation sites (N-methyl/N-ethyl adjacent to an activating group) is 1. The fraction of sp³-hybridized carbons (Fsp3) is 0.769. The van der Waals surface area contributed by atoms with Crippen molar-refractivity contribution in [1.29, 1.82) is 0 Å². The first-order valence-corrected chi connectivity index (χ1v) is 6.93. The van der Waals surface area contributed by atoms with Gasteiger partial charge >= 0.3 is 5.97 Å². The second-order valence-corrected chi connectivity index (χ2v) is 5.73. The molecule has 1 saturated heterocycles. The Labute approximate surface area is 118 Å². The van der Waals surface area contributed by atoms with Crippen molar-refractivity contribution in [3.63, 3.8) is 0 Å². The summed E-state index contributed by atoms with van der Waals surface area (Å²) in [6, 6.07) is 0. The van der Waals surface area contributed by atoms with E-state index in [1.807, 2.05) is 13.8 Å². The third-order valence-electron chi connectivity index (χ3n) is 3.36. The molecule has 1 aliphatic rings. The Hall–Kier alpha value is -1.47. The number of carboxylic acid groups (broad SMARTS) is 1. The SMILES string of the molecule is CC(C)Cc1c(C(=O)O)nnn1CC1CN(C)CCO1. The van der Waals surface area contributed by atoms with E-state index >= 15 is 0 Å². The summed E-state index contributed by atoms with van der Waals surface area (Å²) in [6.07, 6.45) is 0.681. The van der Waals surface area contributed by atoms with Crippen molar-refractivity contribution in [2.45, 2.75) is 32.9 Å². The van der Waals surface area contributed by atoms with E-state index in [9.17, 15) is 9.90 Å². The van der Waals surface area contributed by atoms with Gasteiger partial charge in [-0.2, -0.15) is 0 Å². The number of ether oxygens (including phenoxy) is 1. The first-order chi connectivity index (χ1) is 9.47. The Morgan fingerprint density at radius 1 is 1.55 bits per heavy atom. The molecule has 7 heteroatoms. The van der Waals surface area contributed by atoms with Gasteiger partial charge in [0.15, 0.2) is 5.69 Å². The van der Waals surface area contributed by atoms with Gasteiger partial charge < -0.3 is 14.7 Å². The number of rotatable bonds is 5. The number of aromatic nitrogens is 3. The number of hydrogen-bond donors (Lipinski definition) is 1. The normalized spacial score (nSPS) is 20.5. The minimum absolute atomic E-state index is 0.0306. The summed E-state index contributed by atoms with van der Waals surface area (Å²) in [6.45, 7) is 7.09. The van der Waals surface area contributed by atoms with E-state index < -0.39 is 5.97 Å². The van der Waals surface area contributed by atoms with Gasteiger partial charge in [-0.25, -0.2) is 9.48 Å². The van der Waals surface area contributed by atoms with Crippen molar-refractivity contribution in [3.8, 4) is 0 Å². The van der Waals surface area contributed by atoms with E-state index in [-0.39, 0.29) is 11.8 Å². The molecular formula is C13H22N4O3. The average Bonchev–Trinajstić information content (AvgIpc) is 2.72. The van der Waals surface area contributed by atoms with Crippen molar-refractivity contribution < 1.29 is 14.6 Å². The topological polar surface area (TPSA) is 80.5 Å². The van der Waals surface area contributed by atoms with Crippen LogP contribution in [0.5, 0.6) is 0 Å². The number of hydrogen-bond acceptors (Lipinski definition) is 5. The van der Waals surface area contributed by atoms with E-state index in [4.69, 9.17) is 4.74 Å². The summed E-state index contributed by atoms with van der Waals surface area (Å²) < 4.78 is 7.39. The first kappa shape index (κ1) is 14.9. The molecule has 1 aromatic heterocycles. The number of aromatic carboxylic acids is 1. The highest BCUT2D eigenvalue weighted by Crippen LogP contribution is 2.14. The first-order valence-electron chi connectivity index (χ1n) is 6.93. The largest absolute Gasteiger partial charge is 0.476 e. The number of carbonyl (C=O) groups is 1. The molecule has 2 heterocycles. The van der Waals surface area contributed by atoms with Crippen molar-refractivity contribution in [1.82, 2.24) is 19.9 Å². The van der Waals surface area contributed by atoms with Gasteiger partial charge in [-0.15, -0.1) is 5.10 Å². The summed E-state index contributed by atoms with van der Waals surface area (Å²) in [7, 11) is 2.05. The van der Waals surface area contributed by atoms with Crippen molar-refractivity contribution in [3.05, 3.63) is 11.4 Å². The molecule has 1 atom stereocenters. The molecule has 1 aliphatic heterocycles. The van der Waals surface area contributed by atoms with Crippen LogP contribution in [0.4, 0.5) is 0 Å². The van der Waals surface area contributed by atoms with E-state index in [1.54, 1.807) is 4.68 Å². The summed E-state index contributed by atoms with van der Waals surface area (Å²) in [4.78, 5) is 13.4. The van der Waals surface area contributed by atoms with Gasteiger partial charge in [0.1, 0.15) is 0 Å². The molecule has 1 fully saturated rings. The van der Waals surface area contributed by atoms with Gasteiger partial charge in [-0.1, -0.05) is 19.1 Å². The third kappa shape index (κ3) is 3.55. The maximum Gasteiger partial charge on any atom is 0.358 e. The molecule has 2 rings (SSSR count). The Kier molecular flexibility index (Phi) is 4.72. The van der Waals surface area contributed by atoms with Crippen LogP contribution in [0, 0.1) is 5.92 Å². The summed E-state index contributed by atoms with van der Waals surface area (Å²) in [5.74, 6) is -0.672. The monoisotopic (exact) mass is 282 g/mol. The van der Waals surface area contributed by atoms with Crippen LogP contribution in [-0.4, -0.2) is 63.8 Å². The summed E-state index contributed by atoms with van der Waals surface area (Å²) in [5.41, 5.74) is 0.743. The Bertz CT molecular complexity index is 472. The standard InChI is InChI=1S/C13H22N4O3/c1-9(2)6-11-12(13(18)19)14-15-17(11)8-10-7-16(3)4-5-20-10/h9-10H,4-8H2,1-3H3,(H,18,19). The van der Waals surface area contributed by atoms with Crippen LogP contribution in [0.25, 0.3) is 0 Å². The lowest BCUT2D eigenvalue weighted by Crippen LogP contribution is -2.42. The Morgan fingerprint density at radius 3 is 2.90 bits per heavy atom. The molecule has 0 radical (unpaired) electrons. The van der Waals surface area contributed by atoms with Crippen LogP contribution < -0.4 is 0 Å². The molecule has 0 amide bonds. The van der Waals surface area contributed by atoms with Crippen LogP contribution in [0.2, 0.25) is 0 Å². The molecule has 20 heavy (non-hydrogen) atoms. The lowest BCUT2D eigenvalue weighted by molar-refractivity contribution is -0.0296. The fourth-order valence-corrected chi connectivity index (χ4v) is 2.40. The van der Waals surface area contributed by atoms with Gasteiger partial charge in [-0.05, 0) is 19.4 Å². The zero-order valence-corrected chi connectivity index (χ0v) is 12.2. The molecule has 1 unspecified atom stereocenters. The second kappa shape index (κ2) is 6.32. The van der Waals surface area contributed by atoms with Crippen molar-refractivity contribution >= 4 is 5.97 Å². The second-order valence-electron chi connectivity index (χ2n) is 5.73. The lowest BCUT2D eigenvalue weighted by Gasteiger charge is -2.30. The lowest BCUT2D eigenvalue weighted by atomic mass is 10.1. The zero-order chi connectivity index (χ0) is 14.7. The minimum atomic E-state index is -1.02. The molecule has 1 aromatic rings. The molecular weight excluding hydrogens is 260 g/mol. The quantitative estimate of drug-likeness (QED) is 0.847. The van der Waals surface area contributed by atoms with E-state index in [0.717, 1.165) is 13.1 Å². The van der Waals surface area contributed by atoms with Crippen LogP contribution in [0.1, 0.15) is 30.0 Å². The molecule has 0 spiro atoms. The predicted octanol–water partition coefficient (Wildman–Crippen LogP) is 0.505. The molecule has 7 nitrogen and oxygen atoms in total. The van der Waals surface area contributed by atoms with Crippen LogP contribution in [0.3, 0.4) is 0 Å². The molecule has 1 N–H and O–H groups in total. The van der Waals surface area contributed by atoms with Gasteiger partial charge in [0.05, 0.1) is 24.9 Å². The molecule has 0 aliphatic carbocycles. The van der Waals surface area contributed by atoms with Gasteiger partial charge in [0, 0.05) is 13.1 Å². The Morgan fingerprint density at radius 2 is 2.30 bits per heavy atom. The fourth-order valence-electron chi connectivity index (χ4n) is 2.40. The van der Waals surface area contributed by atoms with Gasteiger partial charge in [-0.3, -0.25) is 0 Å². The molecule has 0 bridgehead atoms. The highest BCUT2D eigenvalue weighted by Gasteiger charge is 2.24. The van der Waals surface area contributed by atoms with E-state index in [0.29, 0.717) is 31.2 Å². The zero-order valence-electron chi connectivity index (χ0n) is 12.2. The third-order valence-corrected chi connectivity index (χ3v) is 3.36. The smallest absolute Gasteiger partial charge is 0.358 e. The molecule has 0 aromatic carbocycles. The highest BCUT2D eigenvalue weighted by atomic mass is 16.5. The number of carboxylic acids is 1. The number of morpholine rings is 1. The van der Waals surface area contributed by atoms with E-state index in [2.05, 4.69) is 22.3 Å². The average molecular weight is 282 g/mol. The Balaban J connectivity index is 2.15. The van der Waals surface area contributed by atoms with Crippen LogP contribution in [-0.2, 0) is 17.7 Å². The molecule has 0 saturated carbocycles. The summed E-state index contributed by atoms with van der Waals surface area (Å²) in [5, 5.41) is 17.0. The van der Waals surface area contributed by atoms with Gasteiger partial charge in [0.25, 0.3) is 0 Å². The minimum Gasteiger partial charge on any atom is -0.476 e. The molecule has 112 valence electrons. The van der Waals surface area contributed by atoms with Crippen molar-refractivity contribution in [2.24, 2.45) is 5.92 Å². The van der Waals surface area contributed by atoms with Crippen LogP contribution >= 0.6 is 0 Å². The van der Waals surface area contributed by atoms with Crippen LogP contribution in [0.15, 0.2) is 0 Å². The highest BCUT2D eigenvalue weighted by molar-refractivity contribution is 5.86. The van der Waals surface area contributed by atoms with Gasteiger partial charge in [0.2, 0.25) is 0 Å².